The quantitative estimate of drug-likeness (QED) is 0.779. The third-order valence-electron chi connectivity index (χ3n) is 6.70. The van der Waals surface area contributed by atoms with Gasteiger partial charge in [0.2, 0.25) is 5.91 Å². The van der Waals surface area contributed by atoms with Gasteiger partial charge in [-0.25, -0.2) is 0 Å². The van der Waals surface area contributed by atoms with Crippen LogP contribution in [0.25, 0.3) is 0 Å². The zero-order valence-corrected chi connectivity index (χ0v) is 17.4. The summed E-state index contributed by atoms with van der Waals surface area (Å²) in [6, 6.07) is 0.711. The standard InChI is InChI=1S/C19H33N3O2.2ClH/c23-19(18-13-16-3-1-2-4-17(16)20-18)22-9-7-21(8-10-22)14-15-5-11-24-12-6-15;;/h15-18,20H,1-14H2;2*1H. The van der Waals surface area contributed by atoms with Crippen molar-refractivity contribution in [2.24, 2.45) is 11.8 Å². The van der Waals surface area contributed by atoms with E-state index in [1.807, 2.05) is 0 Å². The molecule has 0 aromatic carbocycles. The van der Waals surface area contributed by atoms with Crippen molar-refractivity contribution in [3.05, 3.63) is 0 Å². The largest absolute Gasteiger partial charge is 0.381 e. The first-order valence-corrected chi connectivity index (χ1v) is 10.1. The van der Waals surface area contributed by atoms with E-state index in [0.29, 0.717) is 11.9 Å². The molecule has 4 rings (SSSR count). The van der Waals surface area contributed by atoms with E-state index in [4.69, 9.17) is 4.74 Å². The van der Waals surface area contributed by atoms with Crippen molar-refractivity contribution in [1.82, 2.24) is 15.1 Å². The van der Waals surface area contributed by atoms with Crippen LogP contribution in [0, 0.1) is 11.8 Å². The summed E-state index contributed by atoms with van der Waals surface area (Å²) in [5.74, 6) is 1.92. The van der Waals surface area contributed by atoms with E-state index in [1.165, 1.54) is 45.1 Å². The maximum atomic E-state index is 12.9. The Morgan fingerprint density at radius 2 is 1.65 bits per heavy atom. The second kappa shape index (κ2) is 10.5. The average Bonchev–Trinajstić information content (AvgIpc) is 3.07. The summed E-state index contributed by atoms with van der Waals surface area (Å²) in [4.78, 5) is 17.5. The number of ether oxygens (including phenoxy) is 1. The van der Waals surface area contributed by atoms with E-state index in [2.05, 4.69) is 15.1 Å². The van der Waals surface area contributed by atoms with E-state index in [1.54, 1.807) is 0 Å². The fourth-order valence-corrected chi connectivity index (χ4v) is 5.18. The first-order valence-electron chi connectivity index (χ1n) is 10.1. The third-order valence-corrected chi connectivity index (χ3v) is 6.70. The van der Waals surface area contributed by atoms with Gasteiger partial charge in [-0.2, -0.15) is 0 Å². The summed E-state index contributed by atoms with van der Waals surface area (Å²) >= 11 is 0. The van der Waals surface area contributed by atoms with Crippen molar-refractivity contribution in [3.63, 3.8) is 0 Å². The summed E-state index contributed by atoms with van der Waals surface area (Å²) in [6.07, 6.45) is 8.76. The Morgan fingerprint density at radius 1 is 0.962 bits per heavy atom. The highest BCUT2D eigenvalue weighted by atomic mass is 35.5. The Bertz CT molecular complexity index is 427. The number of nitrogens with zero attached hydrogens (tertiary/aromatic N) is 2. The number of amides is 1. The van der Waals surface area contributed by atoms with Crippen molar-refractivity contribution >= 4 is 30.7 Å². The number of hydrogen-bond acceptors (Lipinski definition) is 4. The first kappa shape index (κ1) is 22.2. The molecule has 7 heteroatoms. The molecule has 1 aliphatic carbocycles. The van der Waals surface area contributed by atoms with Crippen LogP contribution in [0.4, 0.5) is 0 Å². The van der Waals surface area contributed by atoms with E-state index in [0.717, 1.165) is 57.6 Å². The fraction of sp³-hybridized carbons (Fsp3) is 0.947. The molecule has 1 saturated carbocycles. The maximum Gasteiger partial charge on any atom is 0.239 e. The van der Waals surface area contributed by atoms with Gasteiger partial charge in [-0.3, -0.25) is 9.69 Å². The second-order valence-corrected chi connectivity index (χ2v) is 8.29. The molecule has 152 valence electrons. The lowest BCUT2D eigenvalue weighted by molar-refractivity contribution is -0.135. The Hall–Kier alpha value is -0.0700. The zero-order chi connectivity index (χ0) is 16.4. The van der Waals surface area contributed by atoms with E-state index >= 15 is 0 Å². The third kappa shape index (κ3) is 5.26. The van der Waals surface area contributed by atoms with Crippen molar-refractivity contribution in [2.75, 3.05) is 45.9 Å². The van der Waals surface area contributed by atoms with Crippen LogP contribution in [0.2, 0.25) is 0 Å². The number of carbonyl (C=O) groups is 1. The summed E-state index contributed by atoms with van der Waals surface area (Å²) in [5, 5.41) is 3.65. The molecule has 3 heterocycles. The molecule has 0 bridgehead atoms. The van der Waals surface area contributed by atoms with Crippen LogP contribution in [0.15, 0.2) is 0 Å². The molecule has 3 aliphatic heterocycles. The van der Waals surface area contributed by atoms with Crippen LogP contribution in [0.3, 0.4) is 0 Å². The average molecular weight is 408 g/mol. The van der Waals surface area contributed by atoms with Crippen molar-refractivity contribution in [2.45, 2.75) is 57.0 Å². The molecule has 26 heavy (non-hydrogen) atoms. The van der Waals surface area contributed by atoms with Crippen LogP contribution in [0.1, 0.15) is 44.9 Å². The minimum Gasteiger partial charge on any atom is -0.381 e. The highest BCUT2D eigenvalue weighted by Gasteiger charge is 2.40. The monoisotopic (exact) mass is 407 g/mol. The lowest BCUT2D eigenvalue weighted by Gasteiger charge is -2.38. The van der Waals surface area contributed by atoms with Crippen LogP contribution < -0.4 is 5.32 Å². The van der Waals surface area contributed by atoms with Gasteiger partial charge < -0.3 is 15.0 Å². The predicted molar refractivity (Wildman–Crippen MR) is 108 cm³/mol. The Kier molecular flexibility index (Phi) is 8.95. The molecule has 4 aliphatic rings. The molecule has 3 saturated heterocycles. The van der Waals surface area contributed by atoms with Crippen LogP contribution in [0.5, 0.6) is 0 Å². The Labute approximate surface area is 170 Å². The Balaban J connectivity index is 0.00000121. The summed E-state index contributed by atoms with van der Waals surface area (Å²) in [5.41, 5.74) is 0. The summed E-state index contributed by atoms with van der Waals surface area (Å²) < 4.78 is 5.46. The minimum absolute atomic E-state index is 0. The number of hydrogen-bond donors (Lipinski definition) is 1. The highest BCUT2D eigenvalue weighted by Crippen LogP contribution is 2.33. The molecule has 1 N–H and O–H groups in total. The molecule has 1 amide bonds. The van der Waals surface area contributed by atoms with Gasteiger partial charge in [0.05, 0.1) is 6.04 Å². The van der Waals surface area contributed by atoms with Gasteiger partial charge in [-0.15, -0.1) is 24.8 Å². The van der Waals surface area contributed by atoms with Crippen molar-refractivity contribution in [1.29, 1.82) is 0 Å². The summed E-state index contributed by atoms with van der Waals surface area (Å²) in [7, 11) is 0. The van der Waals surface area contributed by atoms with Gasteiger partial charge in [0.1, 0.15) is 0 Å². The molecule has 3 unspecified atom stereocenters. The lowest BCUT2D eigenvalue weighted by Crippen LogP contribution is -2.54. The molecule has 4 fully saturated rings. The molecular weight excluding hydrogens is 373 g/mol. The van der Waals surface area contributed by atoms with Gasteiger partial charge >= 0.3 is 0 Å². The van der Waals surface area contributed by atoms with Gasteiger partial charge in [-0.05, 0) is 43.9 Å². The lowest BCUT2D eigenvalue weighted by atomic mass is 9.85. The number of halogens is 2. The Morgan fingerprint density at radius 3 is 2.35 bits per heavy atom. The first-order chi connectivity index (χ1) is 11.8. The predicted octanol–water partition coefficient (Wildman–Crippen LogP) is 2.32. The smallest absolute Gasteiger partial charge is 0.239 e. The van der Waals surface area contributed by atoms with E-state index in [9.17, 15) is 4.79 Å². The van der Waals surface area contributed by atoms with Crippen molar-refractivity contribution < 1.29 is 9.53 Å². The number of carbonyl (C=O) groups excluding carboxylic acids is 1. The van der Waals surface area contributed by atoms with Gasteiger partial charge in [-0.1, -0.05) is 12.8 Å². The van der Waals surface area contributed by atoms with Gasteiger partial charge in [0, 0.05) is 52.0 Å². The molecule has 0 aromatic heterocycles. The van der Waals surface area contributed by atoms with E-state index < -0.39 is 0 Å². The number of fused-ring (bicyclic) bond motifs is 1. The fourth-order valence-electron chi connectivity index (χ4n) is 5.18. The molecular formula is C19H35Cl2N3O2. The van der Waals surface area contributed by atoms with Gasteiger partial charge in [0.25, 0.3) is 0 Å². The topological polar surface area (TPSA) is 44.8 Å². The molecule has 0 radical (unpaired) electrons. The number of rotatable bonds is 3. The maximum absolute atomic E-state index is 12.9. The normalized spacial score (nSPS) is 33.1. The van der Waals surface area contributed by atoms with Crippen LogP contribution in [-0.4, -0.2) is 73.7 Å². The zero-order valence-electron chi connectivity index (χ0n) is 15.7. The molecule has 0 aromatic rings. The molecule has 0 spiro atoms. The number of piperazine rings is 1. The number of nitrogens with one attached hydrogen (secondary N) is 1. The SMILES string of the molecule is Cl.Cl.O=C(C1CC2CCCCC2N1)N1CCN(CC2CCOCC2)CC1. The molecule has 5 nitrogen and oxygen atoms in total. The van der Waals surface area contributed by atoms with Crippen molar-refractivity contribution in [3.8, 4) is 0 Å². The van der Waals surface area contributed by atoms with Crippen LogP contribution in [-0.2, 0) is 9.53 Å². The van der Waals surface area contributed by atoms with E-state index in [-0.39, 0.29) is 30.9 Å². The summed E-state index contributed by atoms with van der Waals surface area (Å²) in [6.45, 7) is 6.96. The highest BCUT2D eigenvalue weighted by molar-refractivity contribution is 5.85. The minimum atomic E-state index is 0. The van der Waals surface area contributed by atoms with Gasteiger partial charge in [0.15, 0.2) is 0 Å². The van der Waals surface area contributed by atoms with Crippen LogP contribution >= 0.6 is 24.8 Å². The second-order valence-electron chi connectivity index (χ2n) is 8.29. The molecule has 3 atom stereocenters.